The van der Waals surface area contributed by atoms with E-state index in [9.17, 15) is 4.79 Å². The van der Waals surface area contributed by atoms with Gasteiger partial charge in [-0.15, -0.1) is 11.8 Å². The molecule has 1 heterocycles. The van der Waals surface area contributed by atoms with Crippen molar-refractivity contribution in [2.75, 3.05) is 18.8 Å². The van der Waals surface area contributed by atoms with Crippen LogP contribution in [-0.4, -0.2) is 29.6 Å². The average molecular weight is 298 g/mol. The first-order valence-electron chi connectivity index (χ1n) is 6.81. The molecule has 4 heteroatoms. The second-order valence-corrected chi connectivity index (χ2v) is 6.74. The molecule has 0 N–H and O–H groups in total. The summed E-state index contributed by atoms with van der Waals surface area (Å²) in [5.41, 5.74) is 0. The summed E-state index contributed by atoms with van der Waals surface area (Å²) < 4.78 is 0. The minimum Gasteiger partial charge on any atom is -0.342 e. The van der Waals surface area contributed by atoms with Gasteiger partial charge in [-0.25, -0.2) is 0 Å². The lowest BCUT2D eigenvalue weighted by atomic mass is 10.0. The third kappa shape index (κ3) is 4.73. The standard InChI is InChI=1S/C15H20ClNOS/c1-12-3-2-9-17(11-12)15(18)8-10-19-14-6-4-13(16)5-7-14/h4-7,12H,2-3,8-11H2,1H3. The van der Waals surface area contributed by atoms with Crippen molar-refractivity contribution in [3.8, 4) is 0 Å². The second kappa shape index (κ2) is 7.20. The summed E-state index contributed by atoms with van der Waals surface area (Å²) >= 11 is 7.56. The number of likely N-dealkylation sites (tertiary alicyclic amines) is 1. The molecule has 2 nitrogen and oxygen atoms in total. The fourth-order valence-electron chi connectivity index (χ4n) is 2.36. The third-order valence-electron chi connectivity index (χ3n) is 3.41. The maximum atomic E-state index is 12.1. The Morgan fingerprint density at radius 1 is 1.42 bits per heavy atom. The molecule has 0 aliphatic carbocycles. The molecule has 1 atom stereocenters. The van der Waals surface area contributed by atoms with E-state index in [1.54, 1.807) is 11.8 Å². The predicted octanol–water partition coefficient (Wildman–Crippen LogP) is 4.08. The molecule has 1 aliphatic heterocycles. The Morgan fingerprint density at radius 3 is 2.84 bits per heavy atom. The Hall–Kier alpha value is -0.670. The van der Waals surface area contributed by atoms with Gasteiger partial charge in [0.05, 0.1) is 0 Å². The van der Waals surface area contributed by atoms with Crippen LogP contribution in [-0.2, 0) is 4.79 Å². The normalized spacial score (nSPS) is 19.5. The van der Waals surface area contributed by atoms with Gasteiger partial charge in [-0.2, -0.15) is 0 Å². The minimum absolute atomic E-state index is 0.299. The van der Waals surface area contributed by atoms with Gasteiger partial charge < -0.3 is 4.90 Å². The van der Waals surface area contributed by atoms with Crippen molar-refractivity contribution in [1.82, 2.24) is 4.90 Å². The number of piperidine rings is 1. The summed E-state index contributed by atoms with van der Waals surface area (Å²) in [6, 6.07) is 7.77. The highest BCUT2D eigenvalue weighted by atomic mass is 35.5. The first kappa shape index (κ1) is 14.7. The molecule has 1 aliphatic rings. The molecular formula is C15H20ClNOS. The lowest BCUT2D eigenvalue weighted by molar-refractivity contribution is -0.132. The summed E-state index contributed by atoms with van der Waals surface area (Å²) in [5, 5.41) is 0.753. The van der Waals surface area contributed by atoms with Gasteiger partial charge in [0.25, 0.3) is 0 Å². The van der Waals surface area contributed by atoms with E-state index in [-0.39, 0.29) is 0 Å². The quantitative estimate of drug-likeness (QED) is 0.781. The number of halogens is 1. The summed E-state index contributed by atoms with van der Waals surface area (Å²) in [4.78, 5) is 15.3. The smallest absolute Gasteiger partial charge is 0.223 e. The molecule has 0 spiro atoms. The van der Waals surface area contributed by atoms with E-state index in [0.717, 1.165) is 30.3 Å². The van der Waals surface area contributed by atoms with Crippen LogP contribution < -0.4 is 0 Å². The van der Waals surface area contributed by atoms with Gasteiger partial charge >= 0.3 is 0 Å². The van der Waals surface area contributed by atoms with Crippen LogP contribution in [0.15, 0.2) is 29.2 Å². The Balaban J connectivity index is 1.73. The molecule has 0 saturated carbocycles. The number of carbonyl (C=O) groups excluding carboxylic acids is 1. The lowest BCUT2D eigenvalue weighted by Gasteiger charge is -2.31. The van der Waals surface area contributed by atoms with Gasteiger partial charge in [-0.05, 0) is 43.0 Å². The van der Waals surface area contributed by atoms with E-state index in [0.29, 0.717) is 18.2 Å². The summed E-state index contributed by atoms with van der Waals surface area (Å²) in [5.74, 6) is 1.79. The molecule has 2 rings (SSSR count). The molecule has 1 amide bonds. The SMILES string of the molecule is CC1CCCN(C(=O)CCSc2ccc(Cl)cc2)C1. The highest BCUT2D eigenvalue weighted by Crippen LogP contribution is 2.22. The van der Waals surface area contributed by atoms with Crippen LogP contribution >= 0.6 is 23.4 Å². The maximum Gasteiger partial charge on any atom is 0.223 e. The van der Waals surface area contributed by atoms with Crippen molar-refractivity contribution >= 4 is 29.3 Å². The van der Waals surface area contributed by atoms with Gasteiger partial charge in [0.15, 0.2) is 0 Å². The number of benzene rings is 1. The highest BCUT2D eigenvalue weighted by Gasteiger charge is 2.20. The lowest BCUT2D eigenvalue weighted by Crippen LogP contribution is -2.39. The number of rotatable bonds is 4. The fraction of sp³-hybridized carbons (Fsp3) is 0.533. The van der Waals surface area contributed by atoms with Crippen molar-refractivity contribution in [2.24, 2.45) is 5.92 Å². The molecule has 1 aromatic rings. The first-order valence-corrected chi connectivity index (χ1v) is 8.17. The molecule has 19 heavy (non-hydrogen) atoms. The van der Waals surface area contributed by atoms with Crippen LogP contribution in [0.25, 0.3) is 0 Å². The Kier molecular flexibility index (Phi) is 5.59. The first-order chi connectivity index (χ1) is 9.15. The average Bonchev–Trinajstić information content (AvgIpc) is 2.41. The highest BCUT2D eigenvalue weighted by molar-refractivity contribution is 7.99. The zero-order chi connectivity index (χ0) is 13.7. The Bertz CT molecular complexity index is 421. The van der Waals surface area contributed by atoms with E-state index >= 15 is 0 Å². The minimum atomic E-state index is 0.299. The van der Waals surface area contributed by atoms with Crippen LogP contribution in [0.3, 0.4) is 0 Å². The van der Waals surface area contributed by atoms with Crippen molar-refractivity contribution in [2.45, 2.75) is 31.1 Å². The Labute approximate surface area is 124 Å². The van der Waals surface area contributed by atoms with Crippen LogP contribution in [0, 0.1) is 5.92 Å². The van der Waals surface area contributed by atoms with E-state index in [2.05, 4.69) is 6.92 Å². The van der Waals surface area contributed by atoms with E-state index in [4.69, 9.17) is 11.6 Å². The topological polar surface area (TPSA) is 20.3 Å². The second-order valence-electron chi connectivity index (χ2n) is 5.14. The van der Waals surface area contributed by atoms with Crippen molar-refractivity contribution in [3.05, 3.63) is 29.3 Å². The van der Waals surface area contributed by atoms with Crippen molar-refractivity contribution < 1.29 is 4.79 Å². The fourth-order valence-corrected chi connectivity index (χ4v) is 3.33. The van der Waals surface area contributed by atoms with Crippen LogP contribution in [0.5, 0.6) is 0 Å². The summed E-state index contributed by atoms with van der Waals surface area (Å²) in [6.45, 7) is 4.10. The van der Waals surface area contributed by atoms with E-state index < -0.39 is 0 Å². The van der Waals surface area contributed by atoms with E-state index in [1.165, 1.54) is 11.3 Å². The van der Waals surface area contributed by atoms with Crippen LogP contribution in [0.1, 0.15) is 26.2 Å². The molecule has 0 radical (unpaired) electrons. The summed E-state index contributed by atoms with van der Waals surface area (Å²) in [6.07, 6.45) is 3.03. The van der Waals surface area contributed by atoms with Gasteiger partial charge in [-0.1, -0.05) is 18.5 Å². The van der Waals surface area contributed by atoms with Gasteiger partial charge in [-0.3, -0.25) is 4.79 Å². The van der Waals surface area contributed by atoms with Gasteiger partial charge in [0, 0.05) is 35.2 Å². The monoisotopic (exact) mass is 297 g/mol. The molecule has 0 bridgehead atoms. The Morgan fingerprint density at radius 2 is 2.16 bits per heavy atom. The summed E-state index contributed by atoms with van der Waals surface area (Å²) in [7, 11) is 0. The third-order valence-corrected chi connectivity index (χ3v) is 4.67. The number of hydrogen-bond donors (Lipinski definition) is 0. The number of amides is 1. The van der Waals surface area contributed by atoms with Crippen molar-refractivity contribution in [1.29, 1.82) is 0 Å². The molecule has 104 valence electrons. The molecule has 1 saturated heterocycles. The molecule has 0 aromatic heterocycles. The van der Waals surface area contributed by atoms with Crippen molar-refractivity contribution in [3.63, 3.8) is 0 Å². The molecular weight excluding hydrogens is 278 g/mol. The maximum absolute atomic E-state index is 12.1. The number of carbonyl (C=O) groups is 1. The predicted molar refractivity (Wildman–Crippen MR) is 81.8 cm³/mol. The molecule has 1 fully saturated rings. The molecule has 1 unspecified atom stereocenters. The number of nitrogens with zero attached hydrogens (tertiary/aromatic N) is 1. The van der Waals surface area contributed by atoms with Crippen LogP contribution in [0.2, 0.25) is 5.02 Å². The molecule has 1 aromatic carbocycles. The van der Waals surface area contributed by atoms with Gasteiger partial charge in [0.2, 0.25) is 5.91 Å². The number of thioether (sulfide) groups is 1. The van der Waals surface area contributed by atoms with Gasteiger partial charge in [0.1, 0.15) is 0 Å². The zero-order valence-corrected chi connectivity index (χ0v) is 12.8. The largest absolute Gasteiger partial charge is 0.342 e. The number of hydrogen-bond acceptors (Lipinski definition) is 2. The van der Waals surface area contributed by atoms with Crippen LogP contribution in [0.4, 0.5) is 0 Å². The van der Waals surface area contributed by atoms with E-state index in [1.807, 2.05) is 29.2 Å². The zero-order valence-electron chi connectivity index (χ0n) is 11.3.